The molecule has 3 saturated heterocycles. The standard InChI is InChI=1S/C28H33FN4O4/c1-20-6-3-4-9-23(20)26(35)31-12-10-28(11-13-31)33(25(34)21-7-5-8-22(29)18-21)24(19-37-28)27(36)32-16-14-30(2)15-17-32/h3-9,18,24H,10-17,19H2,1-2H3. The number of rotatable bonds is 3. The number of nitrogens with zero attached hydrogens (tertiary/aromatic N) is 4. The van der Waals surface area contributed by atoms with Gasteiger partial charge in [-0.05, 0) is 43.8 Å². The van der Waals surface area contributed by atoms with Gasteiger partial charge < -0.3 is 19.4 Å². The molecular weight excluding hydrogens is 475 g/mol. The number of carbonyl (C=O) groups excluding carboxylic acids is 3. The van der Waals surface area contributed by atoms with E-state index in [2.05, 4.69) is 4.90 Å². The summed E-state index contributed by atoms with van der Waals surface area (Å²) in [7, 11) is 2.02. The van der Waals surface area contributed by atoms with E-state index in [1.54, 1.807) is 15.9 Å². The molecule has 3 fully saturated rings. The molecule has 2 aromatic rings. The average Bonchev–Trinajstić information content (AvgIpc) is 3.27. The van der Waals surface area contributed by atoms with E-state index in [0.29, 0.717) is 44.6 Å². The Morgan fingerprint density at radius 2 is 1.59 bits per heavy atom. The van der Waals surface area contributed by atoms with Crippen molar-refractivity contribution in [1.82, 2.24) is 19.6 Å². The highest BCUT2D eigenvalue weighted by Gasteiger charge is 2.55. The Hall–Kier alpha value is -3.30. The van der Waals surface area contributed by atoms with Crippen molar-refractivity contribution < 1.29 is 23.5 Å². The molecular formula is C28H33FN4O4. The van der Waals surface area contributed by atoms with Gasteiger partial charge in [0.05, 0.1) is 6.61 Å². The number of hydrogen-bond donors (Lipinski definition) is 0. The van der Waals surface area contributed by atoms with Crippen molar-refractivity contribution >= 4 is 17.7 Å². The Kier molecular flexibility index (Phi) is 7.00. The van der Waals surface area contributed by atoms with E-state index < -0.39 is 23.5 Å². The molecule has 0 N–H and O–H groups in total. The summed E-state index contributed by atoms with van der Waals surface area (Å²) in [5.74, 6) is -1.14. The van der Waals surface area contributed by atoms with E-state index in [4.69, 9.17) is 4.74 Å². The second kappa shape index (κ2) is 10.2. The van der Waals surface area contributed by atoms with Crippen LogP contribution in [0.3, 0.4) is 0 Å². The molecule has 3 aliphatic heterocycles. The number of aryl methyl sites for hydroxylation is 1. The van der Waals surface area contributed by atoms with Gasteiger partial charge in [0, 0.05) is 63.2 Å². The van der Waals surface area contributed by atoms with E-state index in [0.717, 1.165) is 18.7 Å². The van der Waals surface area contributed by atoms with Crippen molar-refractivity contribution in [1.29, 1.82) is 0 Å². The van der Waals surface area contributed by atoms with Crippen LogP contribution in [0.4, 0.5) is 4.39 Å². The van der Waals surface area contributed by atoms with Crippen molar-refractivity contribution in [3.8, 4) is 0 Å². The fourth-order valence-corrected chi connectivity index (χ4v) is 5.60. The Balaban J connectivity index is 1.40. The first-order valence-electron chi connectivity index (χ1n) is 12.8. The summed E-state index contributed by atoms with van der Waals surface area (Å²) in [6.45, 7) is 5.45. The number of likely N-dealkylation sites (tertiary alicyclic amines) is 1. The zero-order valence-corrected chi connectivity index (χ0v) is 21.4. The van der Waals surface area contributed by atoms with Gasteiger partial charge in [-0.25, -0.2) is 4.39 Å². The minimum atomic E-state index is -1.03. The SMILES string of the molecule is Cc1ccccc1C(=O)N1CCC2(CC1)OCC(C(=O)N1CCN(C)CC1)N2C(=O)c1cccc(F)c1. The number of likely N-dealkylation sites (N-methyl/N-ethyl adjacent to an activating group) is 1. The van der Waals surface area contributed by atoms with E-state index in [9.17, 15) is 18.8 Å². The highest BCUT2D eigenvalue weighted by atomic mass is 19.1. The molecule has 3 heterocycles. The molecule has 0 aromatic heterocycles. The van der Waals surface area contributed by atoms with Crippen LogP contribution in [0.25, 0.3) is 0 Å². The lowest BCUT2D eigenvalue weighted by atomic mass is 9.95. The lowest BCUT2D eigenvalue weighted by molar-refractivity contribution is -0.139. The van der Waals surface area contributed by atoms with Gasteiger partial charge in [-0.3, -0.25) is 19.3 Å². The third-order valence-corrected chi connectivity index (χ3v) is 7.86. The number of hydrogen-bond acceptors (Lipinski definition) is 5. The quantitative estimate of drug-likeness (QED) is 0.637. The second-order valence-corrected chi connectivity index (χ2v) is 10.2. The maximum absolute atomic E-state index is 14.0. The summed E-state index contributed by atoms with van der Waals surface area (Å²) >= 11 is 0. The molecule has 8 nitrogen and oxygen atoms in total. The van der Waals surface area contributed by atoms with E-state index in [1.807, 2.05) is 38.2 Å². The van der Waals surface area contributed by atoms with Crippen molar-refractivity contribution in [2.75, 3.05) is 52.9 Å². The minimum Gasteiger partial charge on any atom is -0.353 e. The Labute approximate surface area is 216 Å². The first-order chi connectivity index (χ1) is 17.8. The van der Waals surface area contributed by atoms with Crippen LogP contribution in [0.1, 0.15) is 39.1 Å². The van der Waals surface area contributed by atoms with Crippen LogP contribution in [0.2, 0.25) is 0 Å². The molecule has 0 bridgehead atoms. The van der Waals surface area contributed by atoms with Gasteiger partial charge in [-0.2, -0.15) is 0 Å². The molecule has 37 heavy (non-hydrogen) atoms. The summed E-state index contributed by atoms with van der Waals surface area (Å²) in [5, 5.41) is 0. The van der Waals surface area contributed by atoms with Crippen molar-refractivity contribution in [3.63, 3.8) is 0 Å². The van der Waals surface area contributed by atoms with Gasteiger partial charge >= 0.3 is 0 Å². The van der Waals surface area contributed by atoms with E-state index in [-0.39, 0.29) is 24.0 Å². The van der Waals surface area contributed by atoms with Crippen LogP contribution in [0.15, 0.2) is 48.5 Å². The number of amides is 3. The molecule has 0 aliphatic carbocycles. The Bertz CT molecular complexity index is 1190. The van der Waals surface area contributed by atoms with Gasteiger partial charge in [0.25, 0.3) is 11.8 Å². The van der Waals surface area contributed by atoms with Crippen LogP contribution in [-0.2, 0) is 9.53 Å². The summed E-state index contributed by atoms with van der Waals surface area (Å²) in [4.78, 5) is 47.9. The molecule has 0 radical (unpaired) electrons. The smallest absolute Gasteiger partial charge is 0.256 e. The predicted molar refractivity (Wildman–Crippen MR) is 135 cm³/mol. The first kappa shape index (κ1) is 25.4. The molecule has 196 valence electrons. The number of piperazine rings is 1. The van der Waals surface area contributed by atoms with Crippen LogP contribution < -0.4 is 0 Å². The molecule has 9 heteroatoms. The van der Waals surface area contributed by atoms with Crippen LogP contribution >= 0.6 is 0 Å². The normalized spacial score (nSPS) is 21.9. The fraction of sp³-hybridized carbons (Fsp3) is 0.464. The van der Waals surface area contributed by atoms with Gasteiger partial charge in [0.15, 0.2) is 0 Å². The fourth-order valence-electron chi connectivity index (χ4n) is 5.60. The lowest BCUT2D eigenvalue weighted by Crippen LogP contribution is -2.61. The Morgan fingerprint density at radius 1 is 0.892 bits per heavy atom. The lowest BCUT2D eigenvalue weighted by Gasteiger charge is -2.45. The predicted octanol–water partition coefficient (Wildman–Crippen LogP) is 2.38. The molecule has 2 aromatic carbocycles. The largest absolute Gasteiger partial charge is 0.353 e. The summed E-state index contributed by atoms with van der Waals surface area (Å²) in [5.41, 5.74) is 0.713. The molecule has 1 atom stereocenters. The maximum atomic E-state index is 14.0. The molecule has 1 spiro atoms. The van der Waals surface area contributed by atoms with Gasteiger partial charge in [0.1, 0.15) is 17.6 Å². The van der Waals surface area contributed by atoms with E-state index >= 15 is 0 Å². The number of carbonyl (C=O) groups is 3. The number of halogens is 1. The highest BCUT2D eigenvalue weighted by Crippen LogP contribution is 2.39. The molecule has 3 amide bonds. The van der Waals surface area contributed by atoms with Gasteiger partial charge in [0.2, 0.25) is 5.91 Å². The third-order valence-electron chi connectivity index (χ3n) is 7.86. The monoisotopic (exact) mass is 508 g/mol. The summed E-state index contributed by atoms with van der Waals surface area (Å²) in [6, 6.07) is 12.2. The number of piperidine rings is 1. The van der Waals surface area contributed by atoms with Crippen molar-refractivity contribution in [3.05, 3.63) is 71.0 Å². The zero-order valence-electron chi connectivity index (χ0n) is 21.4. The first-order valence-corrected chi connectivity index (χ1v) is 12.8. The number of benzene rings is 2. The molecule has 5 rings (SSSR count). The van der Waals surface area contributed by atoms with Crippen molar-refractivity contribution in [2.24, 2.45) is 0 Å². The van der Waals surface area contributed by atoms with E-state index in [1.165, 1.54) is 23.1 Å². The van der Waals surface area contributed by atoms with Gasteiger partial charge in [-0.1, -0.05) is 24.3 Å². The topological polar surface area (TPSA) is 73.4 Å². The summed E-state index contributed by atoms with van der Waals surface area (Å²) in [6.07, 6.45) is 0.746. The molecule has 1 unspecified atom stereocenters. The van der Waals surface area contributed by atoms with Crippen LogP contribution in [-0.4, -0.2) is 102 Å². The zero-order chi connectivity index (χ0) is 26.2. The maximum Gasteiger partial charge on any atom is 0.256 e. The highest BCUT2D eigenvalue weighted by molar-refractivity contribution is 5.99. The van der Waals surface area contributed by atoms with Crippen molar-refractivity contribution in [2.45, 2.75) is 31.5 Å². The molecule has 3 aliphatic rings. The summed E-state index contributed by atoms with van der Waals surface area (Å²) < 4.78 is 20.3. The van der Waals surface area contributed by atoms with Crippen LogP contribution in [0, 0.1) is 12.7 Å². The second-order valence-electron chi connectivity index (χ2n) is 10.2. The minimum absolute atomic E-state index is 0.0565. The van der Waals surface area contributed by atoms with Gasteiger partial charge in [-0.15, -0.1) is 0 Å². The number of ether oxygens (including phenoxy) is 1. The third kappa shape index (κ3) is 4.85. The Morgan fingerprint density at radius 3 is 2.27 bits per heavy atom. The van der Waals surface area contributed by atoms with Crippen LogP contribution in [0.5, 0.6) is 0 Å². The average molecular weight is 509 g/mol. The molecule has 0 saturated carbocycles.